The smallest absolute Gasteiger partial charge is 0.188 e. The first-order chi connectivity index (χ1) is 11.5. The molecule has 0 amide bonds. The van der Waals surface area contributed by atoms with E-state index < -0.39 is 17.9 Å². The first-order valence-corrected chi connectivity index (χ1v) is 8.08. The van der Waals surface area contributed by atoms with E-state index in [1.54, 1.807) is 17.2 Å². The van der Waals surface area contributed by atoms with E-state index in [1.807, 2.05) is 0 Å². The summed E-state index contributed by atoms with van der Waals surface area (Å²) >= 11 is 1.40. The molecule has 132 valence electrons. The Morgan fingerprint density at radius 3 is 2.67 bits per heavy atom. The second-order valence-corrected chi connectivity index (χ2v) is 6.02. The van der Waals surface area contributed by atoms with Crippen molar-refractivity contribution in [3.63, 3.8) is 0 Å². The molecule has 1 aromatic carbocycles. The minimum atomic E-state index is -0.979. The number of benzene rings is 1. The number of halogens is 2. The van der Waals surface area contributed by atoms with Crippen LogP contribution in [0.25, 0.3) is 0 Å². The molecule has 1 aliphatic rings. The number of nitrogens with zero attached hydrogens (tertiary/aromatic N) is 1. The number of hydrogen-bond donors (Lipinski definition) is 1. The highest BCUT2D eigenvalue weighted by Crippen LogP contribution is 2.30. The molecule has 5 nitrogen and oxygen atoms in total. The zero-order chi connectivity index (χ0) is 17.5. The highest BCUT2D eigenvalue weighted by Gasteiger charge is 2.24. The summed E-state index contributed by atoms with van der Waals surface area (Å²) in [7, 11) is 3.00. The van der Waals surface area contributed by atoms with Gasteiger partial charge in [0.15, 0.2) is 24.7 Å². The van der Waals surface area contributed by atoms with Crippen molar-refractivity contribution in [3.05, 3.63) is 58.3 Å². The van der Waals surface area contributed by atoms with Crippen LogP contribution in [0.1, 0.15) is 5.56 Å². The van der Waals surface area contributed by atoms with Crippen LogP contribution in [0.15, 0.2) is 41.1 Å². The number of ether oxygens (including phenoxy) is 3. The van der Waals surface area contributed by atoms with Gasteiger partial charge >= 0.3 is 0 Å². The lowest BCUT2D eigenvalue weighted by atomic mass is 10.2. The van der Waals surface area contributed by atoms with Gasteiger partial charge in [0.1, 0.15) is 12.5 Å². The minimum absolute atomic E-state index is 0.00480. The molecule has 1 N–H and O–H groups in total. The van der Waals surface area contributed by atoms with E-state index in [-0.39, 0.29) is 13.5 Å². The van der Waals surface area contributed by atoms with Crippen molar-refractivity contribution in [1.82, 2.24) is 4.90 Å². The highest BCUT2D eigenvalue weighted by atomic mass is 32.2. The fourth-order valence-corrected chi connectivity index (χ4v) is 2.95. The summed E-state index contributed by atoms with van der Waals surface area (Å²) in [4.78, 5) is 2.34. The van der Waals surface area contributed by atoms with Crippen molar-refractivity contribution in [3.8, 4) is 0 Å². The molecular weight excluding hydrogens is 340 g/mol. The van der Waals surface area contributed by atoms with Crippen LogP contribution >= 0.6 is 11.8 Å². The van der Waals surface area contributed by atoms with Gasteiger partial charge in [-0.1, -0.05) is 6.07 Å². The van der Waals surface area contributed by atoms with Gasteiger partial charge in [-0.2, -0.15) is 0 Å². The van der Waals surface area contributed by atoms with Gasteiger partial charge in [0, 0.05) is 31.1 Å². The fourth-order valence-electron chi connectivity index (χ4n) is 2.02. The molecule has 24 heavy (non-hydrogen) atoms. The molecule has 1 aromatic rings. The van der Waals surface area contributed by atoms with Crippen LogP contribution in [0.2, 0.25) is 0 Å². The van der Waals surface area contributed by atoms with Crippen molar-refractivity contribution in [2.45, 2.75) is 12.0 Å². The van der Waals surface area contributed by atoms with E-state index in [0.717, 1.165) is 11.0 Å². The summed E-state index contributed by atoms with van der Waals surface area (Å²) in [5.74, 6) is -0.982. The monoisotopic (exact) mass is 359 g/mol. The zero-order valence-corrected chi connectivity index (χ0v) is 14.2. The predicted octanol–water partition coefficient (Wildman–Crippen LogP) is 2.78. The van der Waals surface area contributed by atoms with E-state index in [4.69, 9.17) is 14.2 Å². The maximum absolute atomic E-state index is 13.3. The van der Waals surface area contributed by atoms with E-state index in [2.05, 4.69) is 0 Å². The third kappa shape index (κ3) is 4.94. The van der Waals surface area contributed by atoms with Crippen LogP contribution in [0, 0.1) is 11.6 Å². The Kier molecular flexibility index (Phi) is 7.04. The van der Waals surface area contributed by atoms with Crippen molar-refractivity contribution in [2.75, 3.05) is 27.7 Å². The lowest BCUT2D eigenvalue weighted by Crippen LogP contribution is -2.37. The van der Waals surface area contributed by atoms with Crippen LogP contribution in [0.3, 0.4) is 0 Å². The molecule has 0 spiro atoms. The normalized spacial score (nSPS) is 17.5. The summed E-state index contributed by atoms with van der Waals surface area (Å²) in [5, 5.41) is 10.2. The third-order valence-electron chi connectivity index (χ3n) is 3.16. The largest absolute Gasteiger partial charge is 0.467 e. The number of thioether (sulfide) groups is 1. The first kappa shape index (κ1) is 18.7. The van der Waals surface area contributed by atoms with Gasteiger partial charge in [0.25, 0.3) is 0 Å². The van der Waals surface area contributed by atoms with Gasteiger partial charge in [-0.25, -0.2) is 8.78 Å². The van der Waals surface area contributed by atoms with E-state index in [9.17, 15) is 13.9 Å². The standard InChI is InChI=1S/C16H19F2NO4S/c1-21-9-19-7-12(6-15(16(19)20)23-10-22-2)24-8-11-3-4-13(17)14(18)5-11/h3-7,16,20H,8-10H2,1-2H3. The van der Waals surface area contributed by atoms with Gasteiger partial charge in [0.2, 0.25) is 0 Å². The Balaban J connectivity index is 2.08. The average molecular weight is 359 g/mol. The molecule has 0 saturated heterocycles. The van der Waals surface area contributed by atoms with Gasteiger partial charge in [0.05, 0.1) is 0 Å². The maximum Gasteiger partial charge on any atom is 0.188 e. The Hall–Kier alpha value is -1.61. The Morgan fingerprint density at radius 2 is 2.00 bits per heavy atom. The molecule has 0 aromatic heterocycles. The molecule has 0 radical (unpaired) electrons. The molecule has 1 heterocycles. The molecule has 0 fully saturated rings. The Labute approximate surface area is 143 Å². The fraction of sp³-hybridized carbons (Fsp3) is 0.375. The van der Waals surface area contributed by atoms with Crippen LogP contribution in [-0.2, 0) is 20.0 Å². The number of aliphatic hydroxyl groups is 1. The van der Waals surface area contributed by atoms with Gasteiger partial charge in [-0.05, 0) is 23.8 Å². The van der Waals surface area contributed by atoms with Gasteiger partial charge < -0.3 is 24.2 Å². The number of hydrogen-bond acceptors (Lipinski definition) is 6. The van der Waals surface area contributed by atoms with Crippen LogP contribution < -0.4 is 0 Å². The Bertz CT molecular complexity index is 624. The van der Waals surface area contributed by atoms with Gasteiger partial charge in [-0.15, -0.1) is 11.8 Å². The van der Waals surface area contributed by atoms with E-state index >= 15 is 0 Å². The Morgan fingerprint density at radius 1 is 1.21 bits per heavy atom. The number of allylic oxidation sites excluding steroid dienone is 1. The quantitative estimate of drug-likeness (QED) is 0.721. The number of rotatable bonds is 8. The topological polar surface area (TPSA) is 51.2 Å². The highest BCUT2D eigenvalue weighted by molar-refractivity contribution is 8.02. The SMILES string of the molecule is COCOC1=CC(SCc2ccc(F)c(F)c2)=CN(COC)C1O. The molecule has 1 atom stereocenters. The van der Waals surface area contributed by atoms with Crippen molar-refractivity contribution < 1.29 is 28.1 Å². The third-order valence-corrected chi connectivity index (χ3v) is 4.19. The second kappa shape index (κ2) is 9.03. The van der Waals surface area contributed by atoms with E-state index in [1.165, 1.54) is 38.1 Å². The van der Waals surface area contributed by atoms with Gasteiger partial charge in [-0.3, -0.25) is 0 Å². The lowest BCUT2D eigenvalue weighted by molar-refractivity contribution is -0.0712. The summed E-state index contributed by atoms with van der Waals surface area (Å²) in [5.41, 5.74) is 0.650. The molecule has 1 unspecified atom stereocenters. The molecule has 0 saturated carbocycles. The van der Waals surface area contributed by atoms with E-state index in [0.29, 0.717) is 17.1 Å². The average Bonchev–Trinajstić information content (AvgIpc) is 2.57. The zero-order valence-electron chi connectivity index (χ0n) is 13.4. The number of methoxy groups -OCH3 is 2. The molecule has 0 aliphatic carbocycles. The summed E-state index contributed by atoms with van der Waals surface area (Å²) < 4.78 is 41.5. The molecule has 2 rings (SSSR count). The summed E-state index contributed by atoms with van der Waals surface area (Å²) in [6, 6.07) is 3.80. The summed E-state index contributed by atoms with van der Waals surface area (Å²) in [6.07, 6.45) is 2.42. The van der Waals surface area contributed by atoms with Crippen molar-refractivity contribution in [1.29, 1.82) is 0 Å². The maximum atomic E-state index is 13.3. The summed E-state index contributed by atoms with van der Waals surface area (Å²) in [6.45, 7) is 0.176. The van der Waals surface area contributed by atoms with Crippen LogP contribution in [-0.4, -0.2) is 44.0 Å². The minimum Gasteiger partial charge on any atom is -0.467 e. The van der Waals surface area contributed by atoms with Crippen LogP contribution in [0.4, 0.5) is 8.78 Å². The first-order valence-electron chi connectivity index (χ1n) is 7.09. The molecule has 0 bridgehead atoms. The molecule has 8 heteroatoms. The van der Waals surface area contributed by atoms with Crippen molar-refractivity contribution >= 4 is 11.8 Å². The molecular formula is C16H19F2NO4S. The molecule has 1 aliphatic heterocycles. The number of aliphatic hydroxyl groups excluding tert-OH is 1. The van der Waals surface area contributed by atoms with Crippen LogP contribution in [0.5, 0.6) is 0 Å². The lowest BCUT2D eigenvalue weighted by Gasteiger charge is -2.31. The van der Waals surface area contributed by atoms with Crippen molar-refractivity contribution in [2.24, 2.45) is 0 Å². The second-order valence-electron chi connectivity index (χ2n) is 4.97. The predicted molar refractivity (Wildman–Crippen MR) is 86.5 cm³/mol.